The van der Waals surface area contributed by atoms with Crippen molar-refractivity contribution in [1.82, 2.24) is 4.90 Å². The fourth-order valence-corrected chi connectivity index (χ4v) is 2.36. The molecule has 2 heteroatoms. The van der Waals surface area contributed by atoms with Crippen molar-refractivity contribution in [1.29, 1.82) is 0 Å². The molecular weight excluding hydrogens is 186 g/mol. The lowest BCUT2D eigenvalue weighted by Crippen LogP contribution is -2.41. The average molecular weight is 203 g/mol. The van der Waals surface area contributed by atoms with Gasteiger partial charge in [0.25, 0.3) is 0 Å². The Bertz CT molecular complexity index is 340. The van der Waals surface area contributed by atoms with Gasteiger partial charge in [-0.15, -0.1) is 0 Å². The van der Waals surface area contributed by atoms with Crippen molar-refractivity contribution in [3.8, 4) is 0 Å². The van der Waals surface area contributed by atoms with Gasteiger partial charge in [0.1, 0.15) is 0 Å². The Morgan fingerprint density at radius 1 is 1.20 bits per heavy atom. The molecule has 1 amide bonds. The van der Waals surface area contributed by atoms with Crippen LogP contribution >= 0.6 is 0 Å². The normalized spacial score (nSPS) is 29.9. The Kier molecular flexibility index (Phi) is 2.10. The zero-order valence-corrected chi connectivity index (χ0v) is 9.53. The number of nitrogens with zero attached hydrogens (tertiary/aromatic N) is 1. The summed E-state index contributed by atoms with van der Waals surface area (Å²) in [6, 6.07) is 0. The minimum Gasteiger partial charge on any atom is -0.310 e. The van der Waals surface area contributed by atoms with E-state index in [0.717, 1.165) is 5.70 Å². The van der Waals surface area contributed by atoms with Crippen LogP contribution in [0.25, 0.3) is 0 Å². The lowest BCUT2D eigenvalue weighted by atomic mass is 9.90. The van der Waals surface area contributed by atoms with Gasteiger partial charge < -0.3 is 4.90 Å². The molecule has 0 aromatic heterocycles. The van der Waals surface area contributed by atoms with E-state index >= 15 is 0 Å². The van der Waals surface area contributed by atoms with Gasteiger partial charge in [-0.2, -0.15) is 0 Å². The van der Waals surface area contributed by atoms with Crippen LogP contribution in [-0.4, -0.2) is 16.3 Å². The number of hydrogen-bond donors (Lipinski definition) is 0. The fourth-order valence-electron chi connectivity index (χ4n) is 2.36. The predicted molar refractivity (Wildman–Crippen MR) is 61.0 cm³/mol. The molecule has 2 nitrogen and oxygen atoms in total. The zero-order chi connectivity index (χ0) is 11.2. The van der Waals surface area contributed by atoms with E-state index in [9.17, 15) is 4.79 Å². The largest absolute Gasteiger partial charge is 0.310 e. The van der Waals surface area contributed by atoms with Crippen LogP contribution in [0.15, 0.2) is 36.6 Å². The molecular formula is C13H17NO. The summed E-state index contributed by atoms with van der Waals surface area (Å²) in [6.07, 6.45) is 7.98. The number of allylic oxidation sites excluding steroid dienone is 3. The summed E-state index contributed by atoms with van der Waals surface area (Å²) in [6.45, 7) is 10.2. The van der Waals surface area contributed by atoms with Gasteiger partial charge in [-0.05, 0) is 20.8 Å². The van der Waals surface area contributed by atoms with Crippen LogP contribution in [-0.2, 0) is 4.79 Å². The SMILES string of the molecule is C=C1C2C=CC=CC2C(=O)N1C(C)(C)C. The van der Waals surface area contributed by atoms with Crippen molar-refractivity contribution < 1.29 is 4.79 Å². The monoisotopic (exact) mass is 203 g/mol. The third-order valence-corrected chi connectivity index (χ3v) is 2.98. The second kappa shape index (κ2) is 3.09. The molecule has 1 fully saturated rings. The third kappa shape index (κ3) is 1.44. The standard InChI is InChI=1S/C13H17NO/c1-9-10-7-5-6-8-11(10)12(15)14(9)13(2,3)4/h5-8,10-11H,1H2,2-4H3. The molecule has 2 rings (SSSR count). The predicted octanol–water partition coefficient (Wildman–Crippen LogP) is 2.50. The van der Waals surface area contributed by atoms with Crippen LogP contribution in [0.5, 0.6) is 0 Å². The topological polar surface area (TPSA) is 20.3 Å². The van der Waals surface area contributed by atoms with Crippen molar-refractivity contribution >= 4 is 5.91 Å². The van der Waals surface area contributed by atoms with E-state index in [1.807, 2.05) is 43.9 Å². The molecule has 15 heavy (non-hydrogen) atoms. The molecule has 2 unspecified atom stereocenters. The minimum absolute atomic E-state index is 0.0262. The number of carbonyl (C=O) groups excluding carboxylic acids is 1. The van der Waals surface area contributed by atoms with E-state index in [4.69, 9.17) is 0 Å². The van der Waals surface area contributed by atoms with E-state index < -0.39 is 0 Å². The first kappa shape index (κ1) is 10.2. The minimum atomic E-state index is -0.173. The first-order valence-corrected chi connectivity index (χ1v) is 5.31. The molecule has 0 aromatic rings. The Labute approximate surface area is 91.0 Å². The highest BCUT2D eigenvalue weighted by molar-refractivity contribution is 5.87. The van der Waals surface area contributed by atoms with Crippen molar-refractivity contribution in [3.05, 3.63) is 36.6 Å². The summed E-state index contributed by atoms with van der Waals surface area (Å²) in [5.41, 5.74) is 0.755. The first-order chi connectivity index (χ1) is 6.93. The number of rotatable bonds is 0. The average Bonchev–Trinajstić information content (AvgIpc) is 2.39. The molecule has 0 radical (unpaired) electrons. The van der Waals surface area contributed by atoms with E-state index in [1.165, 1.54) is 0 Å². The highest BCUT2D eigenvalue weighted by Gasteiger charge is 2.45. The summed E-state index contributed by atoms with van der Waals surface area (Å²) < 4.78 is 0. The van der Waals surface area contributed by atoms with Crippen LogP contribution in [0.2, 0.25) is 0 Å². The van der Waals surface area contributed by atoms with Crippen molar-refractivity contribution in [2.24, 2.45) is 11.8 Å². The van der Waals surface area contributed by atoms with E-state index in [-0.39, 0.29) is 23.3 Å². The van der Waals surface area contributed by atoms with E-state index in [1.54, 1.807) is 0 Å². The molecule has 0 aromatic carbocycles. The number of carbonyl (C=O) groups is 1. The molecule has 80 valence electrons. The van der Waals surface area contributed by atoms with E-state index in [2.05, 4.69) is 12.7 Å². The van der Waals surface area contributed by atoms with Gasteiger partial charge in [0.2, 0.25) is 5.91 Å². The Morgan fingerprint density at radius 3 is 2.20 bits per heavy atom. The molecule has 1 aliphatic carbocycles. The second-order valence-electron chi connectivity index (χ2n) is 5.16. The molecule has 2 atom stereocenters. The van der Waals surface area contributed by atoms with Gasteiger partial charge in [-0.3, -0.25) is 4.79 Å². The van der Waals surface area contributed by atoms with E-state index in [0.29, 0.717) is 0 Å². The van der Waals surface area contributed by atoms with Gasteiger partial charge >= 0.3 is 0 Å². The Balaban J connectivity index is 2.39. The van der Waals surface area contributed by atoms with Crippen LogP contribution in [0, 0.1) is 11.8 Å². The van der Waals surface area contributed by atoms with Gasteiger partial charge in [-0.25, -0.2) is 0 Å². The van der Waals surface area contributed by atoms with Gasteiger partial charge in [0.15, 0.2) is 0 Å². The summed E-state index contributed by atoms with van der Waals surface area (Å²) in [5, 5.41) is 0. The fraction of sp³-hybridized carbons (Fsp3) is 0.462. The van der Waals surface area contributed by atoms with Gasteiger partial charge in [0, 0.05) is 17.2 Å². The highest BCUT2D eigenvalue weighted by atomic mass is 16.2. The smallest absolute Gasteiger partial charge is 0.235 e. The lowest BCUT2D eigenvalue weighted by Gasteiger charge is -2.33. The number of hydrogen-bond acceptors (Lipinski definition) is 1. The van der Waals surface area contributed by atoms with Crippen LogP contribution in [0.4, 0.5) is 0 Å². The van der Waals surface area contributed by atoms with Crippen molar-refractivity contribution in [3.63, 3.8) is 0 Å². The highest BCUT2D eigenvalue weighted by Crippen LogP contribution is 2.40. The van der Waals surface area contributed by atoms with Crippen LogP contribution in [0.1, 0.15) is 20.8 Å². The summed E-state index contributed by atoms with van der Waals surface area (Å²) in [4.78, 5) is 14.0. The Hall–Kier alpha value is -1.31. The van der Waals surface area contributed by atoms with Crippen LogP contribution in [0.3, 0.4) is 0 Å². The maximum atomic E-state index is 12.2. The molecule has 2 aliphatic rings. The first-order valence-electron chi connectivity index (χ1n) is 5.31. The molecule has 0 saturated carbocycles. The summed E-state index contributed by atoms with van der Waals surface area (Å²) in [5.74, 6) is 0.321. The van der Waals surface area contributed by atoms with Crippen LogP contribution < -0.4 is 0 Å². The summed E-state index contributed by atoms with van der Waals surface area (Å²) in [7, 11) is 0. The molecule has 1 heterocycles. The van der Waals surface area contributed by atoms with Crippen molar-refractivity contribution in [2.45, 2.75) is 26.3 Å². The molecule has 0 N–H and O–H groups in total. The van der Waals surface area contributed by atoms with Gasteiger partial charge in [-0.1, -0.05) is 30.9 Å². The third-order valence-electron chi connectivity index (χ3n) is 2.98. The molecule has 0 bridgehead atoms. The van der Waals surface area contributed by atoms with Gasteiger partial charge in [0.05, 0.1) is 5.92 Å². The number of likely N-dealkylation sites (tertiary alicyclic amines) is 1. The van der Waals surface area contributed by atoms with Crippen molar-refractivity contribution in [2.75, 3.05) is 0 Å². The maximum Gasteiger partial charge on any atom is 0.235 e. The lowest BCUT2D eigenvalue weighted by molar-refractivity contribution is -0.132. The number of amides is 1. The number of fused-ring (bicyclic) bond motifs is 1. The Morgan fingerprint density at radius 2 is 1.73 bits per heavy atom. The maximum absolute atomic E-state index is 12.2. The summed E-state index contributed by atoms with van der Waals surface area (Å²) >= 11 is 0. The second-order valence-corrected chi connectivity index (χ2v) is 5.16. The molecule has 0 spiro atoms. The zero-order valence-electron chi connectivity index (χ0n) is 9.53. The molecule has 1 aliphatic heterocycles. The molecule has 1 saturated heterocycles. The quantitative estimate of drug-likeness (QED) is 0.592.